The van der Waals surface area contributed by atoms with Crippen molar-refractivity contribution in [3.63, 3.8) is 0 Å². The molecule has 3 rings (SSSR count). The van der Waals surface area contributed by atoms with Crippen molar-refractivity contribution >= 4 is 18.9 Å². The number of carboxylic acid groups (broad SMARTS) is 1. The lowest BCUT2D eigenvalue weighted by Crippen LogP contribution is -2.10. The molecular formula is C14H10BO5. The Kier molecular flexibility index (Phi) is 3.08. The maximum Gasteiger partial charge on any atom is 0.335 e. The third kappa shape index (κ3) is 2.33. The first-order valence-corrected chi connectivity index (χ1v) is 5.95. The summed E-state index contributed by atoms with van der Waals surface area (Å²) in [7, 11) is 1.68. The van der Waals surface area contributed by atoms with Crippen LogP contribution in [0.5, 0.6) is 17.2 Å². The summed E-state index contributed by atoms with van der Waals surface area (Å²) < 4.78 is 10.7. The van der Waals surface area contributed by atoms with Gasteiger partial charge in [-0.1, -0.05) is 6.07 Å². The van der Waals surface area contributed by atoms with E-state index in [-0.39, 0.29) is 17.1 Å². The van der Waals surface area contributed by atoms with E-state index in [1.165, 1.54) is 12.1 Å². The SMILES string of the molecule is O=C(O)c1ccc(Oc2ccc3c(c2)CO[B]3)c(O)c1. The molecule has 2 N–H and O–H groups in total. The summed E-state index contributed by atoms with van der Waals surface area (Å²) in [5, 5.41) is 18.6. The van der Waals surface area contributed by atoms with E-state index in [0.717, 1.165) is 17.1 Å². The quantitative estimate of drug-likeness (QED) is 0.828. The summed E-state index contributed by atoms with van der Waals surface area (Å²) in [5.74, 6) is -0.552. The van der Waals surface area contributed by atoms with Gasteiger partial charge in [0.1, 0.15) is 5.75 Å². The van der Waals surface area contributed by atoms with Gasteiger partial charge in [-0.25, -0.2) is 4.79 Å². The highest BCUT2D eigenvalue weighted by molar-refractivity contribution is 6.48. The Hall–Kier alpha value is -2.47. The average Bonchev–Trinajstić information content (AvgIpc) is 2.88. The molecule has 6 heteroatoms. The molecule has 1 radical (unpaired) electrons. The fraction of sp³-hybridized carbons (Fsp3) is 0.0714. The topological polar surface area (TPSA) is 76.0 Å². The van der Waals surface area contributed by atoms with Gasteiger partial charge >= 0.3 is 13.5 Å². The largest absolute Gasteiger partial charge is 0.504 e. The highest BCUT2D eigenvalue weighted by atomic mass is 16.5. The van der Waals surface area contributed by atoms with Crippen LogP contribution in [0.25, 0.3) is 0 Å². The van der Waals surface area contributed by atoms with E-state index < -0.39 is 5.97 Å². The zero-order valence-corrected chi connectivity index (χ0v) is 10.4. The molecular weight excluding hydrogens is 259 g/mol. The number of hydrogen-bond donors (Lipinski definition) is 2. The van der Waals surface area contributed by atoms with Crippen LogP contribution in [0.4, 0.5) is 0 Å². The number of ether oxygens (including phenoxy) is 1. The number of aromatic hydroxyl groups is 1. The lowest BCUT2D eigenvalue weighted by molar-refractivity contribution is 0.0696. The van der Waals surface area contributed by atoms with E-state index in [9.17, 15) is 9.90 Å². The fourth-order valence-corrected chi connectivity index (χ4v) is 1.97. The van der Waals surface area contributed by atoms with Crippen molar-refractivity contribution in [1.29, 1.82) is 0 Å². The smallest absolute Gasteiger partial charge is 0.335 e. The van der Waals surface area contributed by atoms with Gasteiger partial charge in [0.25, 0.3) is 0 Å². The lowest BCUT2D eigenvalue weighted by Gasteiger charge is -2.09. The summed E-state index contributed by atoms with van der Waals surface area (Å²) in [6.45, 7) is 0.496. The Balaban J connectivity index is 1.86. The number of rotatable bonds is 3. The molecule has 2 aromatic rings. The van der Waals surface area contributed by atoms with Crippen molar-refractivity contribution in [3.8, 4) is 17.2 Å². The molecule has 0 saturated carbocycles. The van der Waals surface area contributed by atoms with Crippen LogP contribution in [0, 0.1) is 0 Å². The van der Waals surface area contributed by atoms with E-state index in [4.69, 9.17) is 14.5 Å². The van der Waals surface area contributed by atoms with E-state index in [1.807, 2.05) is 12.1 Å². The zero-order valence-electron chi connectivity index (χ0n) is 10.4. The maximum atomic E-state index is 10.8. The van der Waals surface area contributed by atoms with Gasteiger partial charge in [0.05, 0.1) is 12.2 Å². The van der Waals surface area contributed by atoms with E-state index in [2.05, 4.69) is 0 Å². The summed E-state index contributed by atoms with van der Waals surface area (Å²) in [5.41, 5.74) is 2.01. The standard InChI is InChI=1S/C14H10BO5/c16-12-6-8(14(17)18)1-4-13(12)20-10-2-3-11-9(5-10)7-19-15-11/h1-6,16H,7H2,(H,17,18). The van der Waals surface area contributed by atoms with Crippen molar-refractivity contribution < 1.29 is 24.4 Å². The number of aromatic carboxylic acids is 1. The monoisotopic (exact) mass is 269 g/mol. The summed E-state index contributed by atoms with van der Waals surface area (Å²) >= 11 is 0. The van der Waals surface area contributed by atoms with Crippen LogP contribution in [0.2, 0.25) is 0 Å². The third-order valence-electron chi connectivity index (χ3n) is 3.00. The van der Waals surface area contributed by atoms with Gasteiger partial charge in [0.2, 0.25) is 0 Å². The molecule has 0 aliphatic carbocycles. The molecule has 0 spiro atoms. The second kappa shape index (κ2) is 4.90. The fourth-order valence-electron chi connectivity index (χ4n) is 1.97. The maximum absolute atomic E-state index is 10.8. The summed E-state index contributed by atoms with van der Waals surface area (Å²) in [6.07, 6.45) is 0. The molecule has 1 heterocycles. The molecule has 0 fully saturated rings. The Labute approximate surface area is 115 Å². The van der Waals surface area contributed by atoms with Gasteiger partial charge in [-0.3, -0.25) is 0 Å². The van der Waals surface area contributed by atoms with Crippen LogP contribution < -0.4 is 10.2 Å². The Morgan fingerprint density at radius 1 is 1.25 bits per heavy atom. The Morgan fingerprint density at radius 2 is 2.10 bits per heavy atom. The minimum Gasteiger partial charge on any atom is -0.504 e. The van der Waals surface area contributed by atoms with Gasteiger partial charge in [-0.05, 0) is 41.4 Å². The lowest BCUT2D eigenvalue weighted by atomic mass is 9.87. The molecule has 99 valence electrons. The van der Waals surface area contributed by atoms with Crippen molar-refractivity contribution in [2.24, 2.45) is 0 Å². The number of carbonyl (C=O) groups is 1. The summed E-state index contributed by atoms with van der Waals surface area (Å²) in [6, 6.07) is 9.40. The minimum atomic E-state index is -1.10. The first kappa shape index (κ1) is 12.6. The highest BCUT2D eigenvalue weighted by Crippen LogP contribution is 2.31. The summed E-state index contributed by atoms with van der Waals surface area (Å²) in [4.78, 5) is 10.8. The molecule has 0 bridgehead atoms. The van der Waals surface area contributed by atoms with Crippen molar-refractivity contribution in [2.45, 2.75) is 6.61 Å². The second-order valence-electron chi connectivity index (χ2n) is 4.38. The molecule has 5 nitrogen and oxygen atoms in total. The zero-order chi connectivity index (χ0) is 14.1. The van der Waals surface area contributed by atoms with Gasteiger partial charge in [-0.2, -0.15) is 0 Å². The Morgan fingerprint density at radius 3 is 2.85 bits per heavy atom. The van der Waals surface area contributed by atoms with Gasteiger partial charge < -0.3 is 19.6 Å². The van der Waals surface area contributed by atoms with Crippen LogP contribution in [0.1, 0.15) is 15.9 Å². The predicted molar refractivity (Wildman–Crippen MR) is 71.8 cm³/mol. The molecule has 20 heavy (non-hydrogen) atoms. The number of fused-ring (bicyclic) bond motifs is 1. The third-order valence-corrected chi connectivity index (χ3v) is 3.00. The Bertz CT molecular complexity index is 683. The second-order valence-corrected chi connectivity index (χ2v) is 4.38. The van der Waals surface area contributed by atoms with Crippen molar-refractivity contribution in [2.75, 3.05) is 0 Å². The van der Waals surface area contributed by atoms with Crippen LogP contribution in [0.3, 0.4) is 0 Å². The molecule has 0 amide bonds. The minimum absolute atomic E-state index is 0.00630. The van der Waals surface area contributed by atoms with E-state index >= 15 is 0 Å². The molecule has 2 aromatic carbocycles. The number of carboxylic acids is 1. The van der Waals surface area contributed by atoms with Crippen molar-refractivity contribution in [3.05, 3.63) is 47.5 Å². The van der Waals surface area contributed by atoms with Gasteiger partial charge in [0.15, 0.2) is 11.5 Å². The van der Waals surface area contributed by atoms with Crippen molar-refractivity contribution in [1.82, 2.24) is 0 Å². The van der Waals surface area contributed by atoms with Crippen LogP contribution >= 0.6 is 0 Å². The predicted octanol–water partition coefficient (Wildman–Crippen LogP) is 1.66. The van der Waals surface area contributed by atoms with Crippen LogP contribution in [0.15, 0.2) is 36.4 Å². The first-order valence-electron chi connectivity index (χ1n) is 5.95. The van der Waals surface area contributed by atoms with Gasteiger partial charge in [-0.15, -0.1) is 0 Å². The van der Waals surface area contributed by atoms with Crippen LogP contribution in [-0.2, 0) is 11.3 Å². The normalized spacial score (nSPS) is 12.6. The first-order chi connectivity index (χ1) is 9.63. The van der Waals surface area contributed by atoms with Crippen LogP contribution in [-0.4, -0.2) is 23.7 Å². The number of phenols is 1. The average molecular weight is 269 g/mol. The molecule has 0 saturated heterocycles. The molecule has 1 aliphatic rings. The number of hydrogen-bond acceptors (Lipinski definition) is 4. The molecule has 0 atom stereocenters. The van der Waals surface area contributed by atoms with E-state index in [0.29, 0.717) is 12.4 Å². The van der Waals surface area contributed by atoms with E-state index in [1.54, 1.807) is 13.5 Å². The highest BCUT2D eigenvalue weighted by Gasteiger charge is 2.15. The van der Waals surface area contributed by atoms with Gasteiger partial charge in [0, 0.05) is 0 Å². The molecule has 1 aliphatic heterocycles. The molecule has 0 unspecified atom stereocenters. The molecule has 0 aromatic heterocycles. The number of benzene rings is 2. The number of phenolic OH excluding ortho intramolecular Hbond substituents is 1.